The van der Waals surface area contributed by atoms with Gasteiger partial charge in [0.25, 0.3) is 0 Å². The fourth-order valence-electron chi connectivity index (χ4n) is 1.64. The molecule has 1 heterocycles. The van der Waals surface area contributed by atoms with Crippen molar-refractivity contribution < 1.29 is 0 Å². The van der Waals surface area contributed by atoms with Gasteiger partial charge in [0.2, 0.25) is 0 Å². The van der Waals surface area contributed by atoms with E-state index in [1.165, 1.54) is 0 Å². The summed E-state index contributed by atoms with van der Waals surface area (Å²) in [5.74, 6) is 1.59. The van der Waals surface area contributed by atoms with E-state index in [2.05, 4.69) is 18.1 Å². The van der Waals surface area contributed by atoms with Crippen LogP contribution in [0.2, 0.25) is 0 Å². The quantitative estimate of drug-likeness (QED) is 0.694. The first-order valence-corrected chi connectivity index (χ1v) is 4.37. The molecular formula is C9H12N4. The van der Waals surface area contributed by atoms with Gasteiger partial charge in [0.05, 0.1) is 5.69 Å². The van der Waals surface area contributed by atoms with Crippen LogP contribution in [0.3, 0.4) is 0 Å². The molecule has 1 aliphatic rings. The molecule has 1 aromatic rings. The standard InChI is InChI=1S/C9H12N4/c1-5-3-6(5)8-7(4-10)9(11)13(2)12-8/h5-6H,3,11H2,1-2H3/t5-,6+/m0/s1. The lowest BCUT2D eigenvalue weighted by molar-refractivity contribution is 0.743. The third-order valence-electron chi connectivity index (χ3n) is 2.69. The Hall–Kier alpha value is -1.50. The van der Waals surface area contributed by atoms with Gasteiger partial charge in [-0.1, -0.05) is 6.92 Å². The van der Waals surface area contributed by atoms with Crippen LogP contribution < -0.4 is 5.73 Å². The van der Waals surface area contributed by atoms with Crippen molar-refractivity contribution in [2.45, 2.75) is 19.3 Å². The Labute approximate surface area is 77.0 Å². The molecule has 0 amide bonds. The molecule has 1 fully saturated rings. The average molecular weight is 176 g/mol. The van der Waals surface area contributed by atoms with Crippen molar-refractivity contribution in [1.29, 1.82) is 5.26 Å². The molecule has 4 heteroatoms. The molecule has 13 heavy (non-hydrogen) atoms. The highest BCUT2D eigenvalue weighted by atomic mass is 15.3. The minimum atomic E-state index is 0.457. The Balaban J connectivity index is 2.47. The lowest BCUT2D eigenvalue weighted by atomic mass is 10.1. The van der Waals surface area contributed by atoms with Gasteiger partial charge in [-0.15, -0.1) is 0 Å². The number of aromatic nitrogens is 2. The van der Waals surface area contributed by atoms with Crippen molar-refractivity contribution in [2.24, 2.45) is 13.0 Å². The molecule has 4 nitrogen and oxygen atoms in total. The van der Waals surface area contributed by atoms with E-state index in [0.717, 1.165) is 12.1 Å². The highest BCUT2D eigenvalue weighted by Crippen LogP contribution is 2.47. The van der Waals surface area contributed by atoms with Crippen LogP contribution in [0.4, 0.5) is 5.82 Å². The van der Waals surface area contributed by atoms with E-state index in [-0.39, 0.29) is 0 Å². The molecule has 0 bridgehead atoms. The number of hydrogen-bond acceptors (Lipinski definition) is 3. The number of nitriles is 1. The number of aryl methyl sites for hydroxylation is 1. The third kappa shape index (κ3) is 1.08. The smallest absolute Gasteiger partial charge is 0.139 e. The second-order valence-electron chi connectivity index (χ2n) is 3.70. The Morgan fingerprint density at radius 3 is 2.77 bits per heavy atom. The van der Waals surface area contributed by atoms with Crippen molar-refractivity contribution >= 4 is 5.82 Å². The van der Waals surface area contributed by atoms with E-state index in [1.54, 1.807) is 11.7 Å². The number of rotatable bonds is 1. The second-order valence-corrected chi connectivity index (χ2v) is 3.70. The summed E-state index contributed by atoms with van der Waals surface area (Å²) >= 11 is 0. The van der Waals surface area contributed by atoms with Gasteiger partial charge < -0.3 is 5.73 Å². The van der Waals surface area contributed by atoms with Crippen LogP contribution >= 0.6 is 0 Å². The highest BCUT2D eigenvalue weighted by molar-refractivity contribution is 5.53. The van der Waals surface area contributed by atoms with Crippen LogP contribution in [0.1, 0.15) is 30.5 Å². The third-order valence-corrected chi connectivity index (χ3v) is 2.69. The van der Waals surface area contributed by atoms with Gasteiger partial charge in [0.1, 0.15) is 17.5 Å². The maximum Gasteiger partial charge on any atom is 0.139 e. The Bertz CT molecular complexity index is 385. The second kappa shape index (κ2) is 2.49. The van der Waals surface area contributed by atoms with Gasteiger partial charge in [0.15, 0.2) is 0 Å². The van der Waals surface area contributed by atoms with E-state index < -0.39 is 0 Å². The van der Waals surface area contributed by atoms with Crippen LogP contribution in [-0.4, -0.2) is 9.78 Å². The molecule has 2 atom stereocenters. The van der Waals surface area contributed by atoms with Crippen molar-refractivity contribution in [3.63, 3.8) is 0 Å². The van der Waals surface area contributed by atoms with Gasteiger partial charge in [-0.05, 0) is 12.3 Å². The van der Waals surface area contributed by atoms with Crippen LogP contribution in [-0.2, 0) is 7.05 Å². The van der Waals surface area contributed by atoms with E-state index >= 15 is 0 Å². The summed E-state index contributed by atoms with van der Waals surface area (Å²) in [5.41, 5.74) is 7.15. The van der Waals surface area contributed by atoms with E-state index in [9.17, 15) is 0 Å². The first-order chi connectivity index (χ1) is 6.15. The Morgan fingerprint density at radius 2 is 2.31 bits per heavy atom. The lowest BCUT2D eigenvalue weighted by Crippen LogP contribution is -1.97. The first-order valence-electron chi connectivity index (χ1n) is 4.37. The zero-order valence-corrected chi connectivity index (χ0v) is 7.78. The van der Waals surface area contributed by atoms with Crippen molar-refractivity contribution in [3.8, 4) is 6.07 Å². The van der Waals surface area contributed by atoms with Gasteiger partial charge in [0, 0.05) is 13.0 Å². The molecule has 0 aliphatic heterocycles. The van der Waals surface area contributed by atoms with Gasteiger partial charge in [-0.2, -0.15) is 10.4 Å². The topological polar surface area (TPSA) is 67.6 Å². The summed E-state index contributed by atoms with van der Waals surface area (Å²) in [6.07, 6.45) is 1.13. The summed E-state index contributed by atoms with van der Waals surface area (Å²) in [5, 5.41) is 13.2. The number of nitrogens with zero attached hydrogens (tertiary/aromatic N) is 3. The van der Waals surface area contributed by atoms with E-state index in [4.69, 9.17) is 11.0 Å². The highest BCUT2D eigenvalue weighted by Gasteiger charge is 2.38. The number of nitrogens with two attached hydrogens (primary N) is 1. The molecule has 0 spiro atoms. The molecule has 0 radical (unpaired) electrons. The van der Waals surface area contributed by atoms with Crippen LogP contribution in [0.15, 0.2) is 0 Å². The number of hydrogen-bond donors (Lipinski definition) is 1. The maximum absolute atomic E-state index is 8.89. The number of nitrogen functional groups attached to an aromatic ring is 1. The van der Waals surface area contributed by atoms with Crippen molar-refractivity contribution in [2.75, 3.05) is 5.73 Å². The molecule has 1 aliphatic carbocycles. The fourth-order valence-corrected chi connectivity index (χ4v) is 1.64. The zero-order chi connectivity index (χ0) is 9.59. The molecule has 0 unspecified atom stereocenters. The van der Waals surface area contributed by atoms with Crippen LogP contribution in [0.25, 0.3) is 0 Å². The SMILES string of the molecule is C[C@H]1C[C@H]1c1nn(C)c(N)c1C#N. The van der Waals surface area contributed by atoms with Gasteiger partial charge >= 0.3 is 0 Å². The van der Waals surface area contributed by atoms with Crippen LogP contribution in [0.5, 0.6) is 0 Å². The molecule has 0 saturated heterocycles. The molecule has 2 rings (SSSR count). The largest absolute Gasteiger partial charge is 0.383 e. The zero-order valence-electron chi connectivity index (χ0n) is 7.78. The summed E-state index contributed by atoms with van der Waals surface area (Å²) in [7, 11) is 1.77. The van der Waals surface area contributed by atoms with Crippen molar-refractivity contribution in [1.82, 2.24) is 9.78 Å². The summed E-state index contributed by atoms with van der Waals surface area (Å²) in [6.45, 7) is 2.16. The van der Waals surface area contributed by atoms with E-state index in [1.807, 2.05) is 0 Å². The minimum Gasteiger partial charge on any atom is -0.383 e. The summed E-state index contributed by atoms with van der Waals surface area (Å²) in [4.78, 5) is 0. The molecular weight excluding hydrogens is 164 g/mol. The number of anilines is 1. The maximum atomic E-state index is 8.89. The Morgan fingerprint density at radius 1 is 1.69 bits per heavy atom. The first kappa shape index (κ1) is 8.11. The van der Waals surface area contributed by atoms with Gasteiger partial charge in [-0.25, -0.2) is 0 Å². The predicted octanol–water partition coefficient (Wildman–Crippen LogP) is 0.997. The summed E-state index contributed by atoms with van der Waals surface area (Å²) in [6, 6.07) is 2.12. The molecule has 0 aromatic carbocycles. The average Bonchev–Trinajstić information content (AvgIpc) is 2.74. The predicted molar refractivity (Wildman–Crippen MR) is 48.9 cm³/mol. The van der Waals surface area contributed by atoms with Crippen LogP contribution in [0, 0.1) is 17.2 Å². The van der Waals surface area contributed by atoms with Gasteiger partial charge in [-0.3, -0.25) is 4.68 Å². The normalized spacial score (nSPS) is 25.6. The van der Waals surface area contributed by atoms with Crippen molar-refractivity contribution in [3.05, 3.63) is 11.3 Å². The summed E-state index contributed by atoms with van der Waals surface area (Å²) < 4.78 is 1.58. The van der Waals surface area contributed by atoms with E-state index in [0.29, 0.717) is 23.2 Å². The monoisotopic (exact) mass is 176 g/mol. The fraction of sp³-hybridized carbons (Fsp3) is 0.556. The molecule has 68 valence electrons. The lowest BCUT2D eigenvalue weighted by Gasteiger charge is -1.90. The molecule has 1 aromatic heterocycles. The Kier molecular flexibility index (Phi) is 1.56. The minimum absolute atomic E-state index is 0.457. The molecule has 2 N–H and O–H groups in total. The molecule has 1 saturated carbocycles.